The van der Waals surface area contributed by atoms with Gasteiger partial charge < -0.3 is 94.6 Å². The fraction of sp³-hybridized carbons (Fsp3) is 0.562. The molecule has 0 bridgehead atoms. The van der Waals surface area contributed by atoms with Gasteiger partial charge in [0, 0.05) is 31.6 Å². The highest BCUT2D eigenvalue weighted by Gasteiger charge is 2.40. The third kappa shape index (κ3) is 24.5. The SMILES string of the molecule is NCCCC[C@H](NC(=O)[C@@H](N)CS)C(=O)N[C@@H](Cc1ccccc1)C(=O)N[C@@H](CC(=O)O)C(=O)N[C@@H](CCC(=O)O)C(=O)N[C@@H](CC(=O)O)C(=O)N[C@@H](CC(=O)O)C(=O)N[C@@H](CO)C(=O)N[C@@H](CCC(=O)O)C(=O)N1CCC[C@H]1C(=O)O. The first-order chi connectivity index (χ1) is 38.6. The molecule has 10 atom stereocenters. The Morgan fingerprint density at radius 2 is 0.902 bits per heavy atom. The van der Waals surface area contributed by atoms with Crippen LogP contribution in [0.15, 0.2) is 30.3 Å². The Morgan fingerprint density at radius 1 is 0.512 bits per heavy atom. The molecule has 19 N–H and O–H groups in total. The second-order valence-corrected chi connectivity index (χ2v) is 19.0. The summed E-state index contributed by atoms with van der Waals surface area (Å²) in [6, 6.07) is -10.1. The maximum absolute atomic E-state index is 14.1. The minimum Gasteiger partial charge on any atom is -0.481 e. The number of aliphatic hydroxyl groups is 1. The summed E-state index contributed by atoms with van der Waals surface area (Å²) in [5.41, 5.74) is 11.8. The summed E-state index contributed by atoms with van der Waals surface area (Å²) >= 11 is 4.00. The van der Waals surface area contributed by atoms with Gasteiger partial charge in [0.1, 0.15) is 54.4 Å². The number of likely N-dealkylation sites (tertiary alicyclic amines) is 1. The van der Waals surface area contributed by atoms with E-state index in [9.17, 15) is 108 Å². The minimum absolute atomic E-state index is 0.0153. The van der Waals surface area contributed by atoms with Crippen molar-refractivity contribution in [3.05, 3.63) is 35.9 Å². The molecule has 1 aliphatic heterocycles. The van der Waals surface area contributed by atoms with Crippen molar-refractivity contribution in [2.24, 2.45) is 11.5 Å². The number of carboxylic acid groups (broad SMARTS) is 6. The molecule has 34 heteroatoms. The Labute approximate surface area is 472 Å². The van der Waals surface area contributed by atoms with Crippen molar-refractivity contribution < 1.29 is 108 Å². The van der Waals surface area contributed by atoms with Crippen LogP contribution < -0.4 is 54.0 Å². The zero-order chi connectivity index (χ0) is 61.8. The molecule has 0 unspecified atom stereocenters. The Balaban J connectivity index is 2.44. The second-order valence-electron chi connectivity index (χ2n) is 18.6. The van der Waals surface area contributed by atoms with E-state index >= 15 is 0 Å². The van der Waals surface area contributed by atoms with E-state index in [4.69, 9.17) is 11.5 Å². The monoisotopic (exact) mass is 1180 g/mol. The maximum atomic E-state index is 14.1. The van der Waals surface area contributed by atoms with E-state index < -0.39 is 201 Å². The molecule has 1 aromatic rings. The van der Waals surface area contributed by atoms with Gasteiger partial charge in [-0.2, -0.15) is 12.6 Å². The molecule has 9 amide bonds. The number of carbonyl (C=O) groups is 15. The number of hydrogen-bond donors (Lipinski definition) is 18. The number of thiol groups is 1. The van der Waals surface area contributed by atoms with Gasteiger partial charge in [0.2, 0.25) is 53.2 Å². The molecule has 0 radical (unpaired) electrons. The highest BCUT2D eigenvalue weighted by Crippen LogP contribution is 2.20. The third-order valence-electron chi connectivity index (χ3n) is 12.2. The van der Waals surface area contributed by atoms with Crippen LogP contribution in [0.2, 0.25) is 0 Å². The molecule has 0 aliphatic carbocycles. The van der Waals surface area contributed by atoms with Crippen LogP contribution >= 0.6 is 12.6 Å². The average molecular weight is 1180 g/mol. The van der Waals surface area contributed by atoms with Gasteiger partial charge in [-0.1, -0.05) is 30.3 Å². The Morgan fingerprint density at radius 3 is 1.34 bits per heavy atom. The Bertz CT molecular complexity index is 2490. The summed E-state index contributed by atoms with van der Waals surface area (Å²) in [4.78, 5) is 194. The summed E-state index contributed by atoms with van der Waals surface area (Å²) in [6.07, 6.45) is -6.32. The molecule has 1 saturated heterocycles. The highest BCUT2D eigenvalue weighted by molar-refractivity contribution is 7.80. The lowest BCUT2D eigenvalue weighted by Crippen LogP contribution is -2.61. The number of hydrogen-bond acceptors (Lipinski definition) is 19. The molecule has 1 aromatic carbocycles. The summed E-state index contributed by atoms with van der Waals surface area (Å²) < 4.78 is 0. The van der Waals surface area contributed by atoms with Crippen molar-refractivity contribution in [2.75, 3.05) is 25.4 Å². The first-order valence-corrected chi connectivity index (χ1v) is 26.0. The number of amides is 9. The van der Waals surface area contributed by atoms with Gasteiger partial charge in [0.05, 0.1) is 31.9 Å². The van der Waals surface area contributed by atoms with Crippen LogP contribution in [0.5, 0.6) is 0 Å². The zero-order valence-corrected chi connectivity index (χ0v) is 44.9. The lowest BCUT2D eigenvalue weighted by Gasteiger charge is -2.29. The van der Waals surface area contributed by atoms with Crippen molar-refractivity contribution in [3.63, 3.8) is 0 Å². The molecule has 1 fully saturated rings. The van der Waals surface area contributed by atoms with E-state index in [1.807, 2.05) is 16.0 Å². The van der Waals surface area contributed by atoms with Crippen LogP contribution in [-0.2, 0) is 78.3 Å². The molecule has 82 heavy (non-hydrogen) atoms. The van der Waals surface area contributed by atoms with Crippen molar-refractivity contribution in [1.82, 2.24) is 47.4 Å². The number of benzene rings is 1. The van der Waals surface area contributed by atoms with Crippen LogP contribution in [0.25, 0.3) is 0 Å². The quantitative estimate of drug-likeness (QED) is 0.0216. The van der Waals surface area contributed by atoms with E-state index in [1.54, 1.807) is 30.3 Å². The molecule has 454 valence electrons. The van der Waals surface area contributed by atoms with Crippen molar-refractivity contribution >= 4 is 102 Å². The van der Waals surface area contributed by atoms with Crippen molar-refractivity contribution in [2.45, 2.75) is 144 Å². The van der Waals surface area contributed by atoms with E-state index in [1.165, 1.54) is 0 Å². The number of nitrogens with one attached hydrogen (secondary N) is 8. The molecule has 0 aromatic heterocycles. The van der Waals surface area contributed by atoms with Crippen molar-refractivity contribution in [1.29, 1.82) is 0 Å². The molecule has 1 heterocycles. The second kappa shape index (κ2) is 35.3. The molecule has 33 nitrogen and oxygen atoms in total. The zero-order valence-electron chi connectivity index (χ0n) is 44.0. The number of unbranched alkanes of at least 4 members (excludes halogenated alkanes) is 1. The summed E-state index contributed by atoms with van der Waals surface area (Å²) in [5.74, 6) is -21.3. The van der Waals surface area contributed by atoms with E-state index in [2.05, 4.69) is 39.2 Å². The van der Waals surface area contributed by atoms with Gasteiger partial charge in [0.25, 0.3) is 0 Å². The lowest BCUT2D eigenvalue weighted by atomic mass is 10.0. The van der Waals surface area contributed by atoms with Gasteiger partial charge in [-0.3, -0.25) is 67.1 Å². The fourth-order valence-electron chi connectivity index (χ4n) is 7.98. The lowest BCUT2D eigenvalue weighted by molar-refractivity contribution is -0.150. The smallest absolute Gasteiger partial charge is 0.326 e. The number of aliphatic hydroxyl groups excluding tert-OH is 1. The molecular formula is C48H69N11O22S. The number of rotatable bonds is 38. The summed E-state index contributed by atoms with van der Waals surface area (Å²) in [5, 5.41) is 84.6. The number of carboxylic acids is 6. The van der Waals surface area contributed by atoms with Crippen LogP contribution in [0.3, 0.4) is 0 Å². The van der Waals surface area contributed by atoms with Gasteiger partial charge in [0.15, 0.2) is 0 Å². The average Bonchev–Trinajstić information content (AvgIpc) is 3.97. The van der Waals surface area contributed by atoms with Crippen LogP contribution in [0.1, 0.15) is 82.6 Å². The standard InChI is InChI=1S/C48H69N11O22S/c49-15-5-4-9-25(51-39(71)24(50)22-82)40(72)54-28(17-23-7-2-1-3-8-23)42(74)56-29(18-36(65)66)43(75)52-26(11-13-34(61)62)41(73)55-30(19-37(67)68)44(76)57-31(20-38(69)70)45(77)58-32(21-60)46(78)53-27(12-14-35(63)64)47(79)59-16-6-10-33(59)48(80)81/h1-3,7-8,24-33,60,82H,4-6,9-22,49-50H2,(H,51,71)(H,52,75)(H,53,78)(H,54,72)(H,55,73)(H,56,74)(H,57,76)(H,58,77)(H,61,62)(H,63,64)(H,65,66)(H,67,68)(H,69,70)(H,80,81)/t24-,25-,26-,27-,28-,29-,30-,31-,32-,33-/m0/s1. The highest BCUT2D eigenvalue weighted by atomic mass is 32.1. The number of nitrogens with zero attached hydrogens (tertiary/aromatic N) is 1. The third-order valence-corrected chi connectivity index (χ3v) is 12.6. The van der Waals surface area contributed by atoms with Crippen LogP contribution in [0, 0.1) is 0 Å². The molecule has 0 spiro atoms. The summed E-state index contributed by atoms with van der Waals surface area (Å²) in [6.45, 7) is -1.15. The van der Waals surface area contributed by atoms with Gasteiger partial charge in [-0.15, -0.1) is 0 Å². The largest absolute Gasteiger partial charge is 0.481 e. The Hall–Kier alpha value is -8.50. The topological polar surface area (TPSA) is 549 Å². The normalized spacial score (nSPS) is 16.0. The van der Waals surface area contributed by atoms with E-state index in [0.29, 0.717) is 18.4 Å². The van der Waals surface area contributed by atoms with Gasteiger partial charge in [-0.25, -0.2) is 4.79 Å². The Kier molecular flexibility index (Phi) is 29.9. The molecular weight excluding hydrogens is 1110 g/mol. The number of nitrogens with two attached hydrogens (primary N) is 2. The fourth-order valence-corrected chi connectivity index (χ4v) is 8.15. The summed E-state index contributed by atoms with van der Waals surface area (Å²) in [7, 11) is 0. The van der Waals surface area contributed by atoms with Gasteiger partial charge >= 0.3 is 35.8 Å². The van der Waals surface area contributed by atoms with E-state index in [-0.39, 0.29) is 44.5 Å². The van der Waals surface area contributed by atoms with Crippen molar-refractivity contribution in [3.8, 4) is 0 Å². The van der Waals surface area contributed by atoms with Crippen LogP contribution in [-0.4, -0.2) is 215 Å². The predicted molar refractivity (Wildman–Crippen MR) is 280 cm³/mol. The minimum atomic E-state index is -2.31. The molecule has 1 aliphatic rings. The van der Waals surface area contributed by atoms with E-state index in [0.717, 1.165) is 4.90 Å². The molecule has 2 rings (SSSR count). The van der Waals surface area contributed by atoms with Gasteiger partial charge in [-0.05, 0) is 57.1 Å². The first kappa shape index (κ1) is 69.6. The number of carbonyl (C=O) groups excluding carboxylic acids is 9. The molecule has 0 saturated carbocycles. The number of aliphatic carboxylic acids is 6. The first-order valence-electron chi connectivity index (χ1n) is 25.4. The maximum Gasteiger partial charge on any atom is 0.326 e. The predicted octanol–water partition coefficient (Wildman–Crippen LogP) is -6.28. The van der Waals surface area contributed by atoms with Crippen LogP contribution in [0.4, 0.5) is 0 Å².